The molecule has 1 fully saturated rings. The molecule has 1 aromatic heterocycles. The van der Waals surface area contributed by atoms with Crippen molar-refractivity contribution in [2.75, 3.05) is 25.0 Å². The number of anilines is 1. The van der Waals surface area contributed by atoms with Gasteiger partial charge in [-0.3, -0.25) is 0 Å². The zero-order valence-electron chi connectivity index (χ0n) is 8.95. The largest absolute Gasteiger partial charge is 0.354 e. The van der Waals surface area contributed by atoms with Crippen LogP contribution in [-0.2, 0) is 0 Å². The molecule has 2 heterocycles. The lowest BCUT2D eigenvalue weighted by Gasteiger charge is -2.22. The quantitative estimate of drug-likeness (QED) is 0.779. The van der Waals surface area contributed by atoms with Crippen LogP contribution >= 0.6 is 0 Å². The van der Waals surface area contributed by atoms with E-state index in [0.717, 1.165) is 18.4 Å². The Labute approximate surface area is 90.5 Å². The molecule has 0 radical (unpaired) electrons. The smallest absolute Gasteiger partial charge is 0.222 e. The molecule has 15 heavy (non-hydrogen) atoms. The molecule has 2 rings (SSSR count). The minimum Gasteiger partial charge on any atom is -0.354 e. The summed E-state index contributed by atoms with van der Waals surface area (Å²) in [6.45, 7) is 3.33. The van der Waals surface area contributed by atoms with Gasteiger partial charge < -0.3 is 10.6 Å². The van der Waals surface area contributed by atoms with Crippen molar-refractivity contribution in [2.24, 2.45) is 5.92 Å². The average Bonchev–Trinajstić information content (AvgIpc) is 2.32. The molecule has 1 aromatic rings. The van der Waals surface area contributed by atoms with E-state index in [9.17, 15) is 0 Å². The van der Waals surface area contributed by atoms with Crippen molar-refractivity contribution >= 4 is 5.95 Å². The molecule has 1 saturated heterocycles. The molecule has 0 saturated carbocycles. The zero-order chi connectivity index (χ0) is 10.3. The van der Waals surface area contributed by atoms with Crippen molar-refractivity contribution in [3.63, 3.8) is 0 Å². The van der Waals surface area contributed by atoms with Crippen LogP contribution in [0.1, 0.15) is 19.3 Å². The number of nitrogens with zero attached hydrogens (tertiary/aromatic N) is 2. The molecular formula is C11H18N4. The monoisotopic (exact) mass is 206 g/mol. The molecule has 82 valence electrons. The number of piperidine rings is 1. The van der Waals surface area contributed by atoms with Crippen molar-refractivity contribution in [1.82, 2.24) is 15.3 Å². The van der Waals surface area contributed by atoms with E-state index in [4.69, 9.17) is 0 Å². The highest BCUT2D eigenvalue weighted by molar-refractivity contribution is 5.21. The maximum Gasteiger partial charge on any atom is 0.222 e. The second kappa shape index (κ2) is 5.66. The zero-order valence-corrected chi connectivity index (χ0v) is 8.95. The van der Waals surface area contributed by atoms with Gasteiger partial charge in [0.05, 0.1) is 0 Å². The van der Waals surface area contributed by atoms with Crippen molar-refractivity contribution in [2.45, 2.75) is 19.3 Å². The summed E-state index contributed by atoms with van der Waals surface area (Å²) in [6.07, 6.45) is 7.36. The van der Waals surface area contributed by atoms with Crippen LogP contribution in [0.4, 0.5) is 5.95 Å². The molecule has 4 heteroatoms. The molecule has 0 atom stereocenters. The van der Waals surface area contributed by atoms with Crippen LogP contribution in [0.25, 0.3) is 0 Å². The highest BCUT2D eigenvalue weighted by Gasteiger charge is 2.11. The normalized spacial score (nSPS) is 17.6. The van der Waals surface area contributed by atoms with Crippen molar-refractivity contribution in [1.29, 1.82) is 0 Å². The van der Waals surface area contributed by atoms with Gasteiger partial charge in [0, 0.05) is 18.9 Å². The predicted molar refractivity (Wildman–Crippen MR) is 60.7 cm³/mol. The number of hydrogen-bond donors (Lipinski definition) is 2. The molecule has 1 aliphatic rings. The molecule has 2 N–H and O–H groups in total. The van der Waals surface area contributed by atoms with Crippen LogP contribution in [0.5, 0.6) is 0 Å². The van der Waals surface area contributed by atoms with Gasteiger partial charge in [-0.2, -0.15) is 0 Å². The summed E-state index contributed by atoms with van der Waals surface area (Å²) in [5.74, 6) is 1.61. The number of rotatable bonds is 4. The Hall–Kier alpha value is -1.16. The topological polar surface area (TPSA) is 49.8 Å². The van der Waals surface area contributed by atoms with E-state index in [0.29, 0.717) is 0 Å². The summed E-state index contributed by atoms with van der Waals surface area (Å²) in [7, 11) is 0. The van der Waals surface area contributed by atoms with Gasteiger partial charge in [-0.15, -0.1) is 0 Å². The third-order valence-corrected chi connectivity index (χ3v) is 2.86. The van der Waals surface area contributed by atoms with E-state index in [1.54, 1.807) is 12.4 Å². The first kappa shape index (κ1) is 10.4. The Morgan fingerprint density at radius 3 is 2.73 bits per heavy atom. The molecule has 0 aliphatic carbocycles. The standard InChI is InChI=1S/C11H18N4/c1-5-13-11(14-6-1)15-9-4-10-2-7-12-8-3-10/h1,5-6,10,12H,2-4,7-9H2,(H,13,14,15). The first-order chi connectivity index (χ1) is 7.45. The third kappa shape index (κ3) is 3.47. The van der Waals surface area contributed by atoms with Gasteiger partial charge in [0.25, 0.3) is 0 Å². The van der Waals surface area contributed by atoms with E-state index in [1.807, 2.05) is 6.07 Å². The van der Waals surface area contributed by atoms with Gasteiger partial charge in [0.2, 0.25) is 5.95 Å². The lowest BCUT2D eigenvalue weighted by atomic mass is 9.95. The Kier molecular flexibility index (Phi) is 3.91. The van der Waals surface area contributed by atoms with Gasteiger partial charge in [-0.1, -0.05) is 0 Å². The molecule has 0 amide bonds. The molecule has 4 nitrogen and oxygen atoms in total. The average molecular weight is 206 g/mol. The first-order valence-electron chi connectivity index (χ1n) is 5.67. The van der Waals surface area contributed by atoms with Gasteiger partial charge in [-0.05, 0) is 44.3 Å². The minimum absolute atomic E-state index is 0.742. The second-order valence-corrected chi connectivity index (χ2v) is 3.98. The van der Waals surface area contributed by atoms with Crippen LogP contribution < -0.4 is 10.6 Å². The summed E-state index contributed by atoms with van der Waals surface area (Å²) < 4.78 is 0. The van der Waals surface area contributed by atoms with E-state index in [1.165, 1.54) is 32.4 Å². The Balaban J connectivity index is 1.66. The first-order valence-corrected chi connectivity index (χ1v) is 5.67. The highest BCUT2D eigenvalue weighted by atomic mass is 15.1. The Morgan fingerprint density at radius 1 is 1.27 bits per heavy atom. The van der Waals surface area contributed by atoms with Crippen LogP contribution in [0.3, 0.4) is 0 Å². The fourth-order valence-electron chi connectivity index (χ4n) is 1.95. The van der Waals surface area contributed by atoms with Crippen molar-refractivity contribution in [3.8, 4) is 0 Å². The third-order valence-electron chi connectivity index (χ3n) is 2.86. The van der Waals surface area contributed by atoms with Crippen LogP contribution in [-0.4, -0.2) is 29.6 Å². The summed E-state index contributed by atoms with van der Waals surface area (Å²) >= 11 is 0. The molecule has 0 aromatic carbocycles. The fraction of sp³-hybridized carbons (Fsp3) is 0.636. The summed E-state index contributed by atoms with van der Waals surface area (Å²) in [4.78, 5) is 8.25. The van der Waals surface area contributed by atoms with E-state index < -0.39 is 0 Å². The molecule has 0 bridgehead atoms. The predicted octanol–water partition coefficient (Wildman–Crippen LogP) is 1.28. The SMILES string of the molecule is c1cnc(NCCC2CCNCC2)nc1. The van der Waals surface area contributed by atoms with E-state index >= 15 is 0 Å². The number of nitrogens with one attached hydrogen (secondary N) is 2. The van der Waals surface area contributed by atoms with Crippen molar-refractivity contribution in [3.05, 3.63) is 18.5 Å². The number of aromatic nitrogens is 2. The van der Waals surface area contributed by atoms with Crippen LogP contribution in [0.2, 0.25) is 0 Å². The lowest BCUT2D eigenvalue weighted by molar-refractivity contribution is 0.361. The fourth-order valence-corrected chi connectivity index (χ4v) is 1.95. The van der Waals surface area contributed by atoms with Crippen LogP contribution in [0, 0.1) is 5.92 Å². The Morgan fingerprint density at radius 2 is 2.00 bits per heavy atom. The van der Waals surface area contributed by atoms with Gasteiger partial charge in [0.1, 0.15) is 0 Å². The summed E-state index contributed by atoms with van der Waals surface area (Å²) in [5, 5.41) is 6.63. The lowest BCUT2D eigenvalue weighted by Crippen LogP contribution is -2.28. The highest BCUT2D eigenvalue weighted by Crippen LogP contribution is 2.15. The molecular weight excluding hydrogens is 188 g/mol. The second-order valence-electron chi connectivity index (χ2n) is 3.98. The Bertz CT molecular complexity index is 269. The molecule has 0 unspecified atom stereocenters. The molecule has 0 spiro atoms. The maximum atomic E-state index is 4.13. The van der Waals surface area contributed by atoms with Crippen LogP contribution in [0.15, 0.2) is 18.5 Å². The van der Waals surface area contributed by atoms with E-state index in [2.05, 4.69) is 20.6 Å². The van der Waals surface area contributed by atoms with Gasteiger partial charge in [-0.25, -0.2) is 9.97 Å². The minimum atomic E-state index is 0.742. The van der Waals surface area contributed by atoms with Gasteiger partial charge in [0.15, 0.2) is 0 Å². The van der Waals surface area contributed by atoms with Gasteiger partial charge >= 0.3 is 0 Å². The number of hydrogen-bond acceptors (Lipinski definition) is 4. The van der Waals surface area contributed by atoms with Crippen molar-refractivity contribution < 1.29 is 0 Å². The summed E-state index contributed by atoms with van der Waals surface area (Å²) in [6, 6.07) is 1.83. The molecule has 1 aliphatic heterocycles. The summed E-state index contributed by atoms with van der Waals surface area (Å²) in [5.41, 5.74) is 0. The maximum absolute atomic E-state index is 4.13. The van der Waals surface area contributed by atoms with E-state index in [-0.39, 0.29) is 0 Å².